The van der Waals surface area contributed by atoms with Crippen molar-refractivity contribution >= 4 is 5.91 Å². The van der Waals surface area contributed by atoms with Crippen LogP contribution in [0.1, 0.15) is 25.8 Å². The molecule has 1 unspecified atom stereocenters. The van der Waals surface area contributed by atoms with Crippen molar-refractivity contribution in [3.05, 3.63) is 29.8 Å². The molecular formula is C16H26N2O3. The molecule has 1 aromatic carbocycles. The lowest BCUT2D eigenvalue weighted by Crippen LogP contribution is -2.42. The van der Waals surface area contributed by atoms with Crippen LogP contribution in [0, 0.1) is 5.92 Å². The van der Waals surface area contributed by atoms with Crippen molar-refractivity contribution in [2.45, 2.75) is 32.7 Å². The highest BCUT2D eigenvalue weighted by Gasteiger charge is 2.13. The molecule has 0 saturated heterocycles. The average Bonchev–Trinajstić information content (AvgIpc) is 2.44. The fourth-order valence-corrected chi connectivity index (χ4v) is 1.81. The molecular weight excluding hydrogens is 268 g/mol. The minimum atomic E-state index is -0.578. The molecule has 0 aromatic heterocycles. The van der Waals surface area contributed by atoms with Crippen LogP contribution < -0.4 is 11.1 Å². The van der Waals surface area contributed by atoms with Crippen LogP contribution in [-0.4, -0.2) is 36.8 Å². The van der Waals surface area contributed by atoms with Gasteiger partial charge in [-0.05, 0) is 36.5 Å². The predicted molar refractivity (Wildman–Crippen MR) is 83.1 cm³/mol. The van der Waals surface area contributed by atoms with Gasteiger partial charge in [0.1, 0.15) is 5.75 Å². The van der Waals surface area contributed by atoms with Crippen molar-refractivity contribution < 1.29 is 14.6 Å². The van der Waals surface area contributed by atoms with Gasteiger partial charge in [0.25, 0.3) is 0 Å². The first-order valence-corrected chi connectivity index (χ1v) is 7.38. The second-order valence-electron chi connectivity index (χ2n) is 5.59. The van der Waals surface area contributed by atoms with Gasteiger partial charge in [0, 0.05) is 19.8 Å². The van der Waals surface area contributed by atoms with Gasteiger partial charge in [-0.25, -0.2) is 0 Å². The molecule has 0 spiro atoms. The number of aromatic hydroxyl groups is 1. The molecule has 0 aliphatic heterocycles. The monoisotopic (exact) mass is 294 g/mol. The summed E-state index contributed by atoms with van der Waals surface area (Å²) in [5.74, 6) is 0.573. The fourth-order valence-electron chi connectivity index (χ4n) is 1.81. The smallest absolute Gasteiger partial charge is 0.237 e. The van der Waals surface area contributed by atoms with Crippen molar-refractivity contribution in [1.29, 1.82) is 0 Å². The lowest BCUT2D eigenvalue weighted by Gasteiger charge is -2.13. The molecule has 0 saturated carbocycles. The minimum Gasteiger partial charge on any atom is -0.508 e. The van der Waals surface area contributed by atoms with Crippen LogP contribution in [-0.2, 0) is 16.0 Å². The molecule has 0 heterocycles. The third-order valence-corrected chi connectivity index (χ3v) is 2.94. The van der Waals surface area contributed by atoms with Gasteiger partial charge < -0.3 is 20.9 Å². The van der Waals surface area contributed by atoms with Gasteiger partial charge in [0.2, 0.25) is 5.91 Å². The first-order valence-electron chi connectivity index (χ1n) is 7.38. The van der Waals surface area contributed by atoms with E-state index in [-0.39, 0.29) is 11.7 Å². The number of nitrogens with one attached hydrogen (secondary N) is 1. The first kappa shape index (κ1) is 17.5. The lowest BCUT2D eigenvalue weighted by atomic mass is 10.1. The highest BCUT2D eigenvalue weighted by atomic mass is 16.5. The maximum absolute atomic E-state index is 11.8. The number of carbonyl (C=O) groups excluding carboxylic acids is 1. The maximum atomic E-state index is 11.8. The summed E-state index contributed by atoms with van der Waals surface area (Å²) < 4.78 is 5.44. The SMILES string of the molecule is CC(C)COCCCNC(=O)C(N)Cc1ccc(O)cc1. The van der Waals surface area contributed by atoms with Gasteiger partial charge in [-0.15, -0.1) is 0 Å². The van der Waals surface area contributed by atoms with Crippen molar-refractivity contribution in [3.8, 4) is 5.75 Å². The van der Waals surface area contributed by atoms with Crippen LogP contribution >= 0.6 is 0 Å². The number of phenols is 1. The standard InChI is InChI=1S/C16H26N2O3/c1-12(2)11-21-9-3-8-18-16(20)15(17)10-13-4-6-14(19)7-5-13/h4-7,12,15,19H,3,8-11,17H2,1-2H3,(H,18,20). The molecule has 5 heteroatoms. The Morgan fingerprint density at radius 2 is 2.00 bits per heavy atom. The Morgan fingerprint density at radius 1 is 1.33 bits per heavy atom. The van der Waals surface area contributed by atoms with Crippen LogP contribution in [0.15, 0.2) is 24.3 Å². The quantitative estimate of drug-likeness (QED) is 0.602. The van der Waals surface area contributed by atoms with Crippen LogP contribution in [0.3, 0.4) is 0 Å². The Labute approximate surface area is 126 Å². The summed E-state index contributed by atoms with van der Waals surface area (Å²) in [5, 5.41) is 12.0. The average molecular weight is 294 g/mol. The summed E-state index contributed by atoms with van der Waals surface area (Å²) in [7, 11) is 0. The van der Waals surface area contributed by atoms with Crippen LogP contribution in [0.25, 0.3) is 0 Å². The summed E-state index contributed by atoms with van der Waals surface area (Å²) in [5.41, 5.74) is 6.79. The zero-order chi connectivity index (χ0) is 15.7. The normalized spacial score (nSPS) is 12.4. The van der Waals surface area contributed by atoms with E-state index in [0.29, 0.717) is 25.5 Å². The second kappa shape index (κ2) is 9.37. The topological polar surface area (TPSA) is 84.6 Å². The van der Waals surface area contributed by atoms with E-state index in [9.17, 15) is 9.90 Å². The second-order valence-corrected chi connectivity index (χ2v) is 5.59. The van der Waals surface area contributed by atoms with Gasteiger partial charge in [-0.2, -0.15) is 0 Å². The van der Waals surface area contributed by atoms with Crippen LogP contribution in [0.4, 0.5) is 0 Å². The third kappa shape index (κ3) is 7.68. The Hall–Kier alpha value is -1.59. The molecule has 1 amide bonds. The summed E-state index contributed by atoms with van der Waals surface area (Å²) in [6.07, 6.45) is 1.24. The molecule has 0 fully saturated rings. The van der Waals surface area contributed by atoms with E-state index in [2.05, 4.69) is 19.2 Å². The number of carbonyl (C=O) groups is 1. The van der Waals surface area contributed by atoms with E-state index >= 15 is 0 Å². The molecule has 0 bridgehead atoms. The van der Waals surface area contributed by atoms with Gasteiger partial charge in [0.05, 0.1) is 6.04 Å². The summed E-state index contributed by atoms with van der Waals surface area (Å²) in [4.78, 5) is 11.8. The molecule has 0 aliphatic rings. The zero-order valence-corrected chi connectivity index (χ0v) is 12.8. The van der Waals surface area contributed by atoms with Crippen molar-refractivity contribution in [2.24, 2.45) is 11.7 Å². The Bertz CT molecular complexity index is 418. The van der Waals surface area contributed by atoms with Gasteiger partial charge in [0.15, 0.2) is 0 Å². The van der Waals surface area contributed by atoms with Crippen LogP contribution in [0.2, 0.25) is 0 Å². The van der Waals surface area contributed by atoms with E-state index in [0.717, 1.165) is 18.6 Å². The number of hydrogen-bond acceptors (Lipinski definition) is 4. The molecule has 0 radical (unpaired) electrons. The van der Waals surface area contributed by atoms with Gasteiger partial charge in [-0.3, -0.25) is 4.79 Å². The predicted octanol–water partition coefficient (Wildman–Crippen LogP) is 1.44. The Morgan fingerprint density at radius 3 is 2.62 bits per heavy atom. The summed E-state index contributed by atoms with van der Waals surface area (Å²) in [6, 6.07) is 6.13. The number of hydrogen-bond donors (Lipinski definition) is 3. The van der Waals surface area contributed by atoms with E-state index < -0.39 is 6.04 Å². The zero-order valence-electron chi connectivity index (χ0n) is 12.8. The molecule has 4 N–H and O–H groups in total. The Kier molecular flexibility index (Phi) is 7.79. The molecule has 0 aliphatic carbocycles. The van der Waals surface area contributed by atoms with Crippen LogP contribution in [0.5, 0.6) is 5.75 Å². The molecule has 21 heavy (non-hydrogen) atoms. The van der Waals surface area contributed by atoms with Gasteiger partial charge in [-0.1, -0.05) is 26.0 Å². The van der Waals surface area contributed by atoms with E-state index in [1.165, 1.54) is 0 Å². The lowest BCUT2D eigenvalue weighted by molar-refractivity contribution is -0.122. The highest BCUT2D eigenvalue weighted by molar-refractivity contribution is 5.81. The van der Waals surface area contributed by atoms with E-state index in [1.54, 1.807) is 24.3 Å². The number of phenolic OH excluding ortho intramolecular Hbond substituents is 1. The largest absolute Gasteiger partial charge is 0.508 e. The molecule has 1 atom stereocenters. The number of rotatable bonds is 9. The molecule has 5 nitrogen and oxygen atoms in total. The summed E-state index contributed by atoms with van der Waals surface area (Å²) >= 11 is 0. The Balaban J connectivity index is 2.18. The van der Waals surface area contributed by atoms with Gasteiger partial charge >= 0.3 is 0 Å². The molecule has 1 aromatic rings. The number of benzene rings is 1. The third-order valence-electron chi connectivity index (χ3n) is 2.94. The molecule has 1 rings (SSSR count). The highest BCUT2D eigenvalue weighted by Crippen LogP contribution is 2.10. The number of nitrogens with two attached hydrogens (primary N) is 1. The van der Waals surface area contributed by atoms with Crippen molar-refractivity contribution in [3.63, 3.8) is 0 Å². The first-order chi connectivity index (χ1) is 9.99. The molecule has 118 valence electrons. The number of amides is 1. The fraction of sp³-hybridized carbons (Fsp3) is 0.562. The summed E-state index contributed by atoms with van der Waals surface area (Å²) in [6.45, 7) is 6.16. The van der Waals surface area contributed by atoms with Crippen molar-refractivity contribution in [1.82, 2.24) is 5.32 Å². The van der Waals surface area contributed by atoms with Crippen molar-refractivity contribution in [2.75, 3.05) is 19.8 Å². The van der Waals surface area contributed by atoms with E-state index in [4.69, 9.17) is 10.5 Å². The van der Waals surface area contributed by atoms with E-state index in [1.807, 2.05) is 0 Å². The maximum Gasteiger partial charge on any atom is 0.237 e. The number of ether oxygens (including phenoxy) is 1. The minimum absolute atomic E-state index is 0.160.